The summed E-state index contributed by atoms with van der Waals surface area (Å²) in [5.41, 5.74) is 6.41. The van der Waals surface area contributed by atoms with Crippen LogP contribution in [0.2, 0.25) is 5.02 Å². The molecule has 128 valence electrons. The third kappa shape index (κ3) is 2.71. The molecule has 0 atom stereocenters. The van der Waals surface area contributed by atoms with E-state index in [0.717, 1.165) is 33.4 Å². The molecule has 0 spiro atoms. The van der Waals surface area contributed by atoms with E-state index in [9.17, 15) is 9.59 Å². The normalized spacial score (nSPS) is 15.7. The second kappa shape index (κ2) is 6.43. The monoisotopic (exact) mass is 362 g/mol. The number of para-hydroxylation sites is 1. The van der Waals surface area contributed by atoms with Gasteiger partial charge in [0.2, 0.25) is 0 Å². The van der Waals surface area contributed by atoms with Crippen LogP contribution in [0.1, 0.15) is 23.6 Å². The predicted octanol–water partition coefficient (Wildman–Crippen LogP) is 4.69. The lowest BCUT2D eigenvalue weighted by atomic mass is 9.76. The minimum Gasteiger partial charge on any atom is -0.428 e. The lowest BCUT2D eigenvalue weighted by Crippen LogP contribution is -2.14. The number of halogens is 1. The fourth-order valence-electron chi connectivity index (χ4n) is 3.51. The van der Waals surface area contributed by atoms with Crippen LogP contribution >= 0.6 is 11.6 Å². The van der Waals surface area contributed by atoms with Gasteiger partial charge < -0.3 is 4.74 Å². The maximum Gasteiger partial charge on any atom is 0.298 e. The Labute approximate surface area is 156 Å². The van der Waals surface area contributed by atoms with E-state index in [-0.39, 0.29) is 5.78 Å². The topological polar surface area (TPSA) is 43.4 Å². The van der Waals surface area contributed by atoms with Gasteiger partial charge in [-0.05, 0) is 71.5 Å². The van der Waals surface area contributed by atoms with Gasteiger partial charge in [0.05, 0.1) is 0 Å². The predicted molar refractivity (Wildman–Crippen MR) is 101 cm³/mol. The van der Waals surface area contributed by atoms with Crippen molar-refractivity contribution in [1.29, 1.82) is 0 Å². The van der Waals surface area contributed by atoms with Crippen LogP contribution in [0.3, 0.4) is 0 Å². The highest BCUT2D eigenvalue weighted by Gasteiger charge is 2.28. The molecule has 0 amide bonds. The van der Waals surface area contributed by atoms with Crippen molar-refractivity contribution in [2.75, 3.05) is 0 Å². The summed E-state index contributed by atoms with van der Waals surface area (Å²) in [4.78, 5) is 23.1. The molecule has 2 aliphatic rings. The highest BCUT2D eigenvalue weighted by atomic mass is 35.5. The van der Waals surface area contributed by atoms with Crippen LogP contribution in [-0.2, 0) is 16.0 Å². The number of rotatable bonds is 3. The fourth-order valence-corrected chi connectivity index (χ4v) is 3.69. The van der Waals surface area contributed by atoms with Crippen molar-refractivity contribution in [3.63, 3.8) is 0 Å². The van der Waals surface area contributed by atoms with E-state index in [1.807, 2.05) is 49.4 Å². The van der Waals surface area contributed by atoms with E-state index in [2.05, 4.69) is 0 Å². The highest BCUT2D eigenvalue weighted by Crippen LogP contribution is 2.44. The number of carbonyl (C=O) groups excluding carboxylic acids is 2. The zero-order valence-corrected chi connectivity index (χ0v) is 14.8. The Hall–Kier alpha value is -2.91. The molecule has 0 saturated carbocycles. The summed E-state index contributed by atoms with van der Waals surface area (Å²) in [5, 5.41) is 0.635. The Kier molecular flexibility index (Phi) is 4.09. The molecule has 0 aliphatic heterocycles. The second-order valence-corrected chi connectivity index (χ2v) is 6.77. The molecule has 0 radical (unpaired) electrons. The van der Waals surface area contributed by atoms with Gasteiger partial charge in [-0.25, -0.2) is 0 Å². The van der Waals surface area contributed by atoms with Crippen molar-refractivity contribution < 1.29 is 14.3 Å². The minimum atomic E-state index is 0.0259. The molecule has 0 saturated heterocycles. The van der Waals surface area contributed by atoms with Gasteiger partial charge in [-0.15, -0.1) is 0 Å². The summed E-state index contributed by atoms with van der Waals surface area (Å²) in [7, 11) is 0. The van der Waals surface area contributed by atoms with Crippen LogP contribution in [0, 0.1) is 0 Å². The Morgan fingerprint density at radius 3 is 2.69 bits per heavy atom. The summed E-state index contributed by atoms with van der Waals surface area (Å²) < 4.78 is 5.21. The van der Waals surface area contributed by atoms with E-state index < -0.39 is 0 Å². The van der Waals surface area contributed by atoms with Crippen LogP contribution in [0.4, 0.5) is 0 Å². The zero-order valence-electron chi connectivity index (χ0n) is 14.1. The number of allylic oxidation sites excluding steroid dienone is 5. The van der Waals surface area contributed by atoms with Crippen LogP contribution in [-0.4, -0.2) is 12.3 Å². The maximum atomic E-state index is 12.2. The molecule has 4 rings (SSSR count). The first-order chi connectivity index (χ1) is 12.6. The quantitative estimate of drug-likeness (QED) is 0.744. The van der Waals surface area contributed by atoms with Gasteiger partial charge in [0.1, 0.15) is 5.75 Å². The molecule has 0 fully saturated rings. The van der Waals surface area contributed by atoms with Gasteiger partial charge in [0.15, 0.2) is 5.78 Å². The summed E-state index contributed by atoms with van der Waals surface area (Å²) in [5.74, 6) is 0.498. The van der Waals surface area contributed by atoms with Crippen molar-refractivity contribution in [3.05, 3.63) is 93.0 Å². The smallest absolute Gasteiger partial charge is 0.298 e. The molecule has 2 aromatic rings. The Bertz CT molecular complexity index is 1040. The molecule has 4 heteroatoms. The fraction of sp³-hybridized carbons (Fsp3) is 0.0909. The van der Waals surface area contributed by atoms with Crippen molar-refractivity contribution >= 4 is 29.4 Å². The van der Waals surface area contributed by atoms with Gasteiger partial charge >= 0.3 is 0 Å². The first-order valence-electron chi connectivity index (χ1n) is 8.25. The molecule has 0 aromatic heterocycles. The number of hydrogen-bond donors (Lipinski definition) is 0. The number of ether oxygens (including phenoxy) is 1. The van der Waals surface area contributed by atoms with Crippen LogP contribution < -0.4 is 4.74 Å². The molecule has 26 heavy (non-hydrogen) atoms. The Balaban J connectivity index is 2.07. The zero-order chi connectivity index (χ0) is 18.3. The molecule has 3 nitrogen and oxygen atoms in total. The first-order valence-corrected chi connectivity index (χ1v) is 8.62. The molecular formula is C22H15ClO3. The van der Waals surface area contributed by atoms with Crippen molar-refractivity contribution in [2.45, 2.75) is 13.3 Å². The molecular weight excluding hydrogens is 348 g/mol. The SMILES string of the molecule is CC1=CC2=C(c3ccccc3OC=O)c3cc(Cl)ccc3CC2=CC1=O. The largest absolute Gasteiger partial charge is 0.428 e. The van der Waals surface area contributed by atoms with Gasteiger partial charge in [-0.3, -0.25) is 9.59 Å². The third-order valence-corrected chi connectivity index (χ3v) is 4.96. The van der Waals surface area contributed by atoms with Gasteiger partial charge in [-0.1, -0.05) is 35.9 Å². The Morgan fingerprint density at radius 2 is 1.88 bits per heavy atom. The summed E-state index contributed by atoms with van der Waals surface area (Å²) in [6.07, 6.45) is 4.28. The molecule has 0 N–H and O–H groups in total. The molecule has 0 heterocycles. The number of carbonyl (C=O) groups is 2. The van der Waals surface area contributed by atoms with Crippen LogP contribution in [0.15, 0.2) is 71.3 Å². The van der Waals surface area contributed by atoms with E-state index in [0.29, 0.717) is 29.2 Å². The maximum absolute atomic E-state index is 12.2. The van der Waals surface area contributed by atoms with Crippen LogP contribution in [0.25, 0.3) is 5.57 Å². The minimum absolute atomic E-state index is 0.0259. The standard InChI is InChI=1S/C22H15ClO3/c1-13-8-18-15(10-20(13)25)9-14-6-7-16(23)11-19(14)22(18)17-4-2-3-5-21(17)26-12-24/h2-8,10-12H,9H2,1H3. The van der Waals surface area contributed by atoms with Gasteiger partial charge in [-0.2, -0.15) is 0 Å². The molecule has 0 unspecified atom stereocenters. The van der Waals surface area contributed by atoms with Gasteiger partial charge in [0.25, 0.3) is 6.47 Å². The lowest BCUT2D eigenvalue weighted by Gasteiger charge is -2.28. The average Bonchev–Trinajstić information content (AvgIpc) is 2.62. The van der Waals surface area contributed by atoms with Crippen molar-refractivity contribution in [3.8, 4) is 5.75 Å². The van der Waals surface area contributed by atoms with E-state index >= 15 is 0 Å². The second-order valence-electron chi connectivity index (χ2n) is 6.34. The Morgan fingerprint density at radius 1 is 1.08 bits per heavy atom. The van der Waals surface area contributed by atoms with E-state index in [1.165, 1.54) is 0 Å². The van der Waals surface area contributed by atoms with E-state index in [1.54, 1.807) is 12.1 Å². The molecule has 2 aromatic carbocycles. The summed E-state index contributed by atoms with van der Waals surface area (Å²) in [6, 6.07) is 13.1. The highest BCUT2D eigenvalue weighted by molar-refractivity contribution is 6.30. The lowest BCUT2D eigenvalue weighted by molar-refractivity contribution is -0.120. The average molecular weight is 363 g/mol. The summed E-state index contributed by atoms with van der Waals surface area (Å²) in [6.45, 7) is 2.23. The first kappa shape index (κ1) is 16.6. The number of fused-ring (bicyclic) bond motifs is 2. The van der Waals surface area contributed by atoms with Gasteiger partial charge in [0, 0.05) is 16.2 Å². The number of ketones is 1. The molecule has 0 bridgehead atoms. The van der Waals surface area contributed by atoms with E-state index in [4.69, 9.17) is 16.3 Å². The van der Waals surface area contributed by atoms with Crippen molar-refractivity contribution in [1.82, 2.24) is 0 Å². The number of hydrogen-bond acceptors (Lipinski definition) is 3. The third-order valence-electron chi connectivity index (χ3n) is 4.72. The number of benzene rings is 2. The summed E-state index contributed by atoms with van der Waals surface area (Å²) >= 11 is 6.26. The van der Waals surface area contributed by atoms with Crippen LogP contribution in [0.5, 0.6) is 5.75 Å². The van der Waals surface area contributed by atoms with Crippen molar-refractivity contribution in [2.24, 2.45) is 0 Å². The molecule has 2 aliphatic carbocycles.